The molecule has 0 bridgehead atoms. The first kappa shape index (κ1) is 15.3. The summed E-state index contributed by atoms with van der Waals surface area (Å²) >= 11 is 3.15. The van der Waals surface area contributed by atoms with Gasteiger partial charge in [0.15, 0.2) is 5.82 Å². The van der Waals surface area contributed by atoms with Crippen LogP contribution in [0.3, 0.4) is 0 Å². The zero-order chi connectivity index (χ0) is 15.6. The maximum absolute atomic E-state index is 12.3. The molecule has 0 saturated carbocycles. The van der Waals surface area contributed by atoms with Gasteiger partial charge in [-0.2, -0.15) is 0 Å². The molecule has 0 fully saturated rings. The monoisotopic (exact) mass is 371 g/mol. The lowest BCUT2D eigenvalue weighted by Gasteiger charge is -2.11. The van der Waals surface area contributed by atoms with Crippen molar-refractivity contribution in [3.63, 3.8) is 0 Å². The van der Waals surface area contributed by atoms with E-state index in [9.17, 15) is 13.2 Å². The van der Waals surface area contributed by atoms with Crippen LogP contribution in [0.5, 0.6) is 0 Å². The van der Waals surface area contributed by atoms with Gasteiger partial charge in [0.25, 0.3) is 10.0 Å². The van der Waals surface area contributed by atoms with E-state index in [1.807, 2.05) is 0 Å². The Balaban J connectivity index is 2.50. The van der Waals surface area contributed by atoms with Crippen LogP contribution in [0.15, 0.2) is 45.9 Å². The predicted octanol–water partition coefficient (Wildman–Crippen LogP) is 1.93. The molecule has 0 spiro atoms. The molecule has 2 rings (SSSR count). The highest BCUT2D eigenvalue weighted by Gasteiger charge is 2.23. The lowest BCUT2D eigenvalue weighted by atomic mass is 10.2. The number of carboxylic acids is 1. The summed E-state index contributed by atoms with van der Waals surface area (Å²) in [7, 11) is -4.11. The zero-order valence-electron chi connectivity index (χ0n) is 10.4. The number of aromatic carboxylic acids is 1. The summed E-state index contributed by atoms with van der Waals surface area (Å²) in [6.45, 7) is 0. The molecule has 0 aliphatic heterocycles. The molecule has 110 valence electrons. The standard InChI is InChI=1S/C12H10BrN3O4S/c13-9-2-1-5-15-11(9)16-21(19,20)10-4-3-7(14)6-8(10)12(17)18/h1-6H,14H2,(H,15,16)(H,17,18). The highest BCUT2D eigenvalue weighted by atomic mass is 79.9. The van der Waals surface area contributed by atoms with Crippen molar-refractivity contribution in [3.05, 3.63) is 46.6 Å². The number of aromatic nitrogens is 1. The van der Waals surface area contributed by atoms with Crippen molar-refractivity contribution < 1.29 is 18.3 Å². The molecule has 0 aliphatic rings. The summed E-state index contributed by atoms with van der Waals surface area (Å²) in [5, 5.41) is 9.10. The summed E-state index contributed by atoms with van der Waals surface area (Å²) in [6, 6.07) is 6.76. The highest BCUT2D eigenvalue weighted by molar-refractivity contribution is 9.10. The highest BCUT2D eigenvalue weighted by Crippen LogP contribution is 2.25. The number of pyridine rings is 1. The number of nitrogens with zero attached hydrogens (tertiary/aromatic N) is 1. The number of halogens is 1. The number of hydrogen-bond donors (Lipinski definition) is 3. The van der Waals surface area contributed by atoms with Gasteiger partial charge in [-0.05, 0) is 46.3 Å². The van der Waals surface area contributed by atoms with Crippen LogP contribution in [0, 0.1) is 0 Å². The second-order valence-electron chi connectivity index (χ2n) is 4.00. The van der Waals surface area contributed by atoms with Crippen LogP contribution in [-0.4, -0.2) is 24.5 Å². The van der Waals surface area contributed by atoms with Crippen LogP contribution in [0.1, 0.15) is 10.4 Å². The third-order valence-corrected chi connectivity index (χ3v) is 4.55. The lowest BCUT2D eigenvalue weighted by molar-refractivity contribution is 0.0692. The van der Waals surface area contributed by atoms with Gasteiger partial charge in [-0.25, -0.2) is 18.2 Å². The number of carbonyl (C=O) groups is 1. The molecule has 0 amide bonds. The van der Waals surface area contributed by atoms with E-state index in [0.29, 0.717) is 4.47 Å². The number of sulfonamides is 1. The Kier molecular flexibility index (Phi) is 4.14. The van der Waals surface area contributed by atoms with E-state index in [0.717, 1.165) is 12.1 Å². The normalized spacial score (nSPS) is 11.1. The van der Waals surface area contributed by atoms with Crippen molar-refractivity contribution in [1.29, 1.82) is 0 Å². The first-order chi connectivity index (χ1) is 9.81. The van der Waals surface area contributed by atoms with Crippen LogP contribution in [0.2, 0.25) is 0 Å². The quantitative estimate of drug-likeness (QED) is 0.705. The van der Waals surface area contributed by atoms with Crippen molar-refractivity contribution >= 4 is 43.4 Å². The number of nitrogens with one attached hydrogen (secondary N) is 1. The Bertz CT molecular complexity index is 808. The summed E-state index contributed by atoms with van der Waals surface area (Å²) in [5.41, 5.74) is 5.24. The van der Waals surface area contributed by atoms with E-state index in [2.05, 4.69) is 25.6 Å². The van der Waals surface area contributed by atoms with E-state index in [-0.39, 0.29) is 16.4 Å². The Morgan fingerprint density at radius 3 is 2.67 bits per heavy atom. The second kappa shape index (κ2) is 5.70. The number of benzene rings is 1. The molecule has 7 nitrogen and oxygen atoms in total. The molecule has 0 atom stereocenters. The van der Waals surface area contributed by atoms with Gasteiger partial charge in [0.1, 0.15) is 4.90 Å². The molecular formula is C12H10BrN3O4S. The lowest BCUT2D eigenvalue weighted by Crippen LogP contribution is -2.18. The number of hydrogen-bond acceptors (Lipinski definition) is 5. The molecule has 0 aliphatic carbocycles. The largest absolute Gasteiger partial charge is 0.478 e. The van der Waals surface area contributed by atoms with Gasteiger partial charge in [-0.1, -0.05) is 0 Å². The minimum Gasteiger partial charge on any atom is -0.478 e. The smallest absolute Gasteiger partial charge is 0.337 e. The number of carboxylic acid groups (broad SMARTS) is 1. The van der Waals surface area contributed by atoms with Gasteiger partial charge in [0, 0.05) is 11.9 Å². The fourth-order valence-electron chi connectivity index (χ4n) is 1.59. The molecule has 9 heteroatoms. The first-order valence-electron chi connectivity index (χ1n) is 5.57. The summed E-state index contributed by atoms with van der Waals surface area (Å²) in [6.07, 6.45) is 1.41. The molecule has 4 N–H and O–H groups in total. The maximum Gasteiger partial charge on any atom is 0.337 e. The van der Waals surface area contributed by atoms with Gasteiger partial charge in [-0.15, -0.1) is 0 Å². The van der Waals surface area contributed by atoms with Crippen molar-refractivity contribution in [1.82, 2.24) is 4.98 Å². The topological polar surface area (TPSA) is 122 Å². The molecule has 1 heterocycles. The summed E-state index contributed by atoms with van der Waals surface area (Å²) in [4.78, 5) is 14.7. The summed E-state index contributed by atoms with van der Waals surface area (Å²) < 4.78 is 27.3. The summed E-state index contributed by atoms with van der Waals surface area (Å²) in [5.74, 6) is -1.33. The Morgan fingerprint density at radius 1 is 1.33 bits per heavy atom. The third kappa shape index (κ3) is 3.31. The number of nitrogen functional groups attached to an aromatic ring is 1. The maximum atomic E-state index is 12.3. The zero-order valence-corrected chi connectivity index (χ0v) is 12.8. The van der Waals surface area contributed by atoms with Crippen molar-refractivity contribution in [3.8, 4) is 0 Å². The average Bonchev–Trinajstić information content (AvgIpc) is 2.40. The van der Waals surface area contributed by atoms with E-state index >= 15 is 0 Å². The Labute approximate surface area is 129 Å². The van der Waals surface area contributed by atoms with Crippen LogP contribution in [0.25, 0.3) is 0 Å². The van der Waals surface area contributed by atoms with Gasteiger partial charge in [0.05, 0.1) is 10.0 Å². The molecule has 1 aromatic heterocycles. The van der Waals surface area contributed by atoms with Crippen LogP contribution in [0.4, 0.5) is 11.5 Å². The van der Waals surface area contributed by atoms with Crippen LogP contribution < -0.4 is 10.5 Å². The average molecular weight is 372 g/mol. The number of anilines is 2. The van der Waals surface area contributed by atoms with E-state index < -0.39 is 21.6 Å². The van der Waals surface area contributed by atoms with Crippen molar-refractivity contribution in [2.24, 2.45) is 0 Å². The fourth-order valence-corrected chi connectivity index (χ4v) is 3.29. The number of rotatable bonds is 4. The minimum absolute atomic E-state index is 0.0608. The van der Waals surface area contributed by atoms with Gasteiger partial charge in [-0.3, -0.25) is 4.72 Å². The SMILES string of the molecule is Nc1ccc(S(=O)(=O)Nc2ncccc2Br)c(C(=O)O)c1. The Morgan fingerprint density at radius 2 is 2.05 bits per heavy atom. The van der Waals surface area contributed by atoms with E-state index in [4.69, 9.17) is 10.8 Å². The minimum atomic E-state index is -4.11. The molecule has 0 saturated heterocycles. The Hall–Kier alpha value is -2.13. The van der Waals surface area contributed by atoms with Gasteiger partial charge < -0.3 is 10.8 Å². The van der Waals surface area contributed by atoms with E-state index in [1.165, 1.54) is 12.3 Å². The molecule has 0 radical (unpaired) electrons. The van der Waals surface area contributed by atoms with Gasteiger partial charge in [0.2, 0.25) is 0 Å². The van der Waals surface area contributed by atoms with Crippen LogP contribution in [-0.2, 0) is 10.0 Å². The molecule has 0 unspecified atom stereocenters. The molecule has 21 heavy (non-hydrogen) atoms. The predicted molar refractivity (Wildman–Crippen MR) is 80.6 cm³/mol. The molecular weight excluding hydrogens is 362 g/mol. The number of nitrogens with two attached hydrogens (primary N) is 1. The van der Waals surface area contributed by atoms with E-state index in [1.54, 1.807) is 12.1 Å². The molecule has 1 aromatic carbocycles. The van der Waals surface area contributed by atoms with Crippen molar-refractivity contribution in [2.45, 2.75) is 4.90 Å². The third-order valence-electron chi connectivity index (χ3n) is 2.51. The van der Waals surface area contributed by atoms with Crippen LogP contribution >= 0.6 is 15.9 Å². The fraction of sp³-hybridized carbons (Fsp3) is 0. The van der Waals surface area contributed by atoms with Gasteiger partial charge >= 0.3 is 5.97 Å². The van der Waals surface area contributed by atoms with Crippen molar-refractivity contribution in [2.75, 3.05) is 10.5 Å². The first-order valence-corrected chi connectivity index (χ1v) is 7.85. The second-order valence-corrected chi connectivity index (χ2v) is 6.51. The molecule has 2 aromatic rings.